The summed E-state index contributed by atoms with van der Waals surface area (Å²) in [6, 6.07) is 0. The molecule has 0 rings (SSSR count). The molecule has 0 radical (unpaired) electrons. The van der Waals surface area contributed by atoms with E-state index < -0.39 is 18.2 Å². The van der Waals surface area contributed by atoms with E-state index in [1.54, 1.807) is 0 Å². The molecule has 0 saturated carbocycles. The largest absolute Gasteiger partial charge is 0.662 e. The number of hydrogen-bond donors (Lipinski definition) is 0. The summed E-state index contributed by atoms with van der Waals surface area (Å²) in [5.41, 5.74) is 0.297. The molecule has 0 N–H and O–H groups in total. The fourth-order valence-electron chi connectivity index (χ4n) is 1.07. The number of nitrogens with zero attached hydrogens (tertiary/aromatic N) is 4. The van der Waals surface area contributed by atoms with E-state index in [1.807, 2.05) is 0 Å². The third-order valence-electron chi connectivity index (χ3n) is 3.63. The number of rotatable bonds is 10. The van der Waals surface area contributed by atoms with Crippen LogP contribution in [-0.4, -0.2) is 37.3 Å². The van der Waals surface area contributed by atoms with Crippen molar-refractivity contribution in [2.45, 2.75) is 107 Å². The smallest absolute Gasteiger partial charge is 0.0644 e. The number of hydrogen-bond acceptors (Lipinski definition) is 2. The third kappa shape index (κ3) is 29.0. The molecule has 0 bridgehead atoms. The zero-order valence-corrected chi connectivity index (χ0v) is 21.7. The van der Waals surface area contributed by atoms with Crippen LogP contribution < -0.4 is 0 Å². The van der Waals surface area contributed by atoms with Crippen molar-refractivity contribution < 1.29 is 18.2 Å². The average Bonchev–Trinajstić information content (AvgIpc) is 2.59. The average molecular weight is 453 g/mol. The molecule has 0 unspecified atom stereocenters. The van der Waals surface area contributed by atoms with Gasteiger partial charge in [-0.1, -0.05) is 47.0 Å². The predicted octanol–water partition coefficient (Wildman–Crippen LogP) is 7.64. The molecule has 0 amide bonds. The van der Waals surface area contributed by atoms with Crippen molar-refractivity contribution in [2.75, 3.05) is 26.2 Å². The third-order valence-corrected chi connectivity index (χ3v) is 6.46. The van der Waals surface area contributed by atoms with Gasteiger partial charge < -0.3 is 10.6 Å². The van der Waals surface area contributed by atoms with Crippen LogP contribution in [0.1, 0.15) is 95.4 Å². The van der Waals surface area contributed by atoms with Gasteiger partial charge in [0.15, 0.2) is 0 Å². The molecule has 0 aromatic rings. The van der Waals surface area contributed by atoms with Gasteiger partial charge in [0.05, 0.1) is 0 Å². The first-order valence-electron chi connectivity index (χ1n) is 10.4. The van der Waals surface area contributed by atoms with Crippen LogP contribution in [0.2, 0.25) is 0 Å². The van der Waals surface area contributed by atoms with Crippen LogP contribution >= 0.6 is 0 Å². The first kappa shape index (κ1) is 30.9. The summed E-state index contributed by atoms with van der Waals surface area (Å²) in [6.45, 7) is 27.8. The zero-order valence-electron chi connectivity index (χ0n) is 19.7. The summed E-state index contributed by atoms with van der Waals surface area (Å²) in [5, 5.41) is 8.26. The molecule has 0 aromatic carbocycles. The van der Waals surface area contributed by atoms with E-state index in [4.69, 9.17) is 0 Å². The van der Waals surface area contributed by atoms with Gasteiger partial charge >= 0.3 is 90.7 Å². The van der Waals surface area contributed by atoms with Crippen LogP contribution in [0.25, 0.3) is 10.6 Å². The Kier molecular flexibility index (Phi) is 23.7. The minimum atomic E-state index is -0.492. The van der Waals surface area contributed by atoms with Crippen molar-refractivity contribution in [3.8, 4) is 0 Å². The fourth-order valence-corrected chi connectivity index (χ4v) is 2.90. The maximum atomic E-state index is 4.67. The van der Waals surface area contributed by atoms with Crippen molar-refractivity contribution in [3.63, 3.8) is 0 Å². The van der Waals surface area contributed by atoms with Gasteiger partial charge in [-0.15, -0.1) is 13.1 Å². The minimum absolute atomic E-state index is 0.148. The fraction of sp³-hybridized carbons (Fsp3) is 1.00. The van der Waals surface area contributed by atoms with Crippen molar-refractivity contribution in [3.05, 3.63) is 10.6 Å². The molecule has 4 nitrogen and oxygen atoms in total. The summed E-state index contributed by atoms with van der Waals surface area (Å²) in [5.74, 6) is 0.736. The summed E-state index contributed by atoms with van der Waals surface area (Å²) >= 11 is -0.492. The predicted molar refractivity (Wildman–Crippen MR) is 116 cm³/mol. The second kappa shape index (κ2) is 20.0. The Morgan fingerprint density at radius 3 is 1.38 bits per heavy atom. The Hall–Kier alpha value is 0.208. The normalized spacial score (nSPS) is 10.9. The van der Waals surface area contributed by atoms with Gasteiger partial charge in [-0.3, -0.25) is 0 Å². The van der Waals surface area contributed by atoms with Crippen LogP contribution in [-0.2, 0) is 18.2 Å². The van der Waals surface area contributed by atoms with Gasteiger partial charge in [-0.05, 0) is 0 Å². The molecule has 0 aliphatic rings. The first-order chi connectivity index (χ1) is 12.0. The summed E-state index contributed by atoms with van der Waals surface area (Å²) in [7, 11) is 0. The van der Waals surface area contributed by atoms with E-state index in [-0.39, 0.29) is 11.1 Å². The van der Waals surface area contributed by atoms with Gasteiger partial charge in [0.2, 0.25) is 0 Å². The summed E-state index contributed by atoms with van der Waals surface area (Å²) < 4.78 is 9.34. The van der Waals surface area contributed by atoms with E-state index in [1.165, 1.54) is 6.42 Å². The molecule has 158 valence electrons. The molecular weight excluding hydrogens is 404 g/mol. The Labute approximate surface area is 174 Å². The van der Waals surface area contributed by atoms with Crippen LogP contribution in [0, 0.1) is 5.92 Å². The molecule has 0 atom stereocenters. The molecule has 0 saturated heterocycles. The first-order valence-corrected chi connectivity index (χ1v) is 12.2. The Morgan fingerprint density at radius 1 is 0.769 bits per heavy atom. The van der Waals surface area contributed by atoms with E-state index in [0.29, 0.717) is 0 Å². The molecule has 0 heterocycles. The molecule has 0 fully saturated rings. The van der Waals surface area contributed by atoms with Gasteiger partial charge in [0.25, 0.3) is 0 Å². The maximum absolute atomic E-state index is 4.67. The summed E-state index contributed by atoms with van der Waals surface area (Å²) in [6.07, 6.45) is 3.41. The molecule has 5 heteroatoms. The van der Waals surface area contributed by atoms with Crippen molar-refractivity contribution in [1.29, 1.82) is 0 Å². The van der Waals surface area contributed by atoms with Crippen LogP contribution in [0.4, 0.5) is 0 Å². The van der Waals surface area contributed by atoms with E-state index in [0.717, 1.165) is 44.9 Å². The van der Waals surface area contributed by atoms with Gasteiger partial charge in [0, 0.05) is 0 Å². The van der Waals surface area contributed by atoms with Crippen molar-refractivity contribution >= 4 is 0 Å². The minimum Gasteiger partial charge on any atom is -0.662 e. The second-order valence-corrected chi connectivity index (χ2v) is 9.27. The van der Waals surface area contributed by atoms with Crippen LogP contribution in [0.5, 0.6) is 0 Å². The van der Waals surface area contributed by atoms with Crippen LogP contribution in [0.3, 0.4) is 0 Å². The zero-order chi connectivity index (χ0) is 21.1. The Balaban J connectivity index is -0.000000342. The van der Waals surface area contributed by atoms with Crippen LogP contribution in [0.15, 0.2) is 6.99 Å². The topological polar surface area (TPSA) is 52.9 Å². The monoisotopic (exact) mass is 454 g/mol. The van der Waals surface area contributed by atoms with E-state index >= 15 is 0 Å². The SMILES string of the molecule is CCC(C)(C)[N]=[Mo+2]=[N]C(C)(C)CC.CCC[N-]CC.CC[N-]CC(C)C. The molecule has 0 aromatic heterocycles. The molecule has 26 heavy (non-hydrogen) atoms. The van der Waals surface area contributed by atoms with Gasteiger partial charge in [-0.2, -0.15) is 13.1 Å². The van der Waals surface area contributed by atoms with Gasteiger partial charge in [0.1, 0.15) is 0 Å². The molecule has 0 spiro atoms. The summed E-state index contributed by atoms with van der Waals surface area (Å²) in [4.78, 5) is 0. The Morgan fingerprint density at radius 2 is 1.19 bits per heavy atom. The molecular formula is C21H48MoN4. The van der Waals surface area contributed by atoms with Gasteiger partial charge in [-0.25, -0.2) is 0 Å². The van der Waals surface area contributed by atoms with E-state index in [9.17, 15) is 0 Å². The molecule has 0 aliphatic carbocycles. The van der Waals surface area contributed by atoms with E-state index in [2.05, 4.69) is 93.8 Å². The standard InChI is InChI=1S/C6H14N.2C5H11N.C5H12N.Mo/c1-4-7-5-6(2)3;2*1-4-5(2,3)6;1-3-5-6-4-2;/h6H,4-5H2,1-3H3;2*4H2,1-3H3;3-5H2,1-2H3;/q-1;;;-1;+2. The Bertz CT molecular complexity index is 322. The second-order valence-electron chi connectivity index (χ2n) is 7.98. The molecule has 0 aliphatic heterocycles. The van der Waals surface area contributed by atoms with Crippen molar-refractivity contribution in [1.82, 2.24) is 0 Å². The quantitative estimate of drug-likeness (QED) is 0.242. The maximum Gasteiger partial charge on any atom is -0.0644 e. The van der Waals surface area contributed by atoms with Crippen molar-refractivity contribution in [2.24, 2.45) is 12.9 Å².